The molecule has 0 spiro atoms. The quantitative estimate of drug-likeness (QED) is 0.746. The summed E-state index contributed by atoms with van der Waals surface area (Å²) in [4.78, 5) is 19.7. The van der Waals surface area contributed by atoms with Gasteiger partial charge in [-0.2, -0.15) is 0 Å². The van der Waals surface area contributed by atoms with Crippen LogP contribution in [0.4, 0.5) is 0 Å². The Hall–Kier alpha value is -2.65. The van der Waals surface area contributed by atoms with Crippen LogP contribution < -0.4 is 9.47 Å². The normalized spacial score (nSPS) is 22.4. The fourth-order valence-corrected chi connectivity index (χ4v) is 4.60. The number of carbonyl (C=O) groups is 1. The Bertz CT molecular complexity index is 909. The van der Waals surface area contributed by atoms with Crippen molar-refractivity contribution in [1.29, 1.82) is 0 Å². The number of piperazine rings is 1. The number of amides is 1. The highest BCUT2D eigenvalue weighted by Gasteiger charge is 2.32. The summed E-state index contributed by atoms with van der Waals surface area (Å²) in [6.07, 6.45) is 2.14. The van der Waals surface area contributed by atoms with Crippen molar-refractivity contribution >= 4 is 5.91 Å². The van der Waals surface area contributed by atoms with Crippen molar-refractivity contribution in [3.05, 3.63) is 35.2 Å². The first-order valence-electron chi connectivity index (χ1n) is 10.6. The van der Waals surface area contributed by atoms with Crippen LogP contribution in [0.15, 0.2) is 22.8 Å². The van der Waals surface area contributed by atoms with E-state index < -0.39 is 0 Å². The predicted molar refractivity (Wildman–Crippen MR) is 107 cm³/mol. The summed E-state index contributed by atoms with van der Waals surface area (Å²) < 4.78 is 15.6. The molecule has 9 nitrogen and oxygen atoms in total. The SMILES string of the molecule is Cc1nonc1C(=O)N1CCCC(N2CCN(Cc3ccc4c(c3)OCO4)CC2)C1. The Morgan fingerprint density at radius 1 is 1.10 bits per heavy atom. The van der Waals surface area contributed by atoms with Gasteiger partial charge in [-0.25, -0.2) is 4.63 Å². The van der Waals surface area contributed by atoms with Gasteiger partial charge in [0.25, 0.3) is 5.91 Å². The number of aromatic nitrogens is 2. The van der Waals surface area contributed by atoms with Crippen molar-refractivity contribution in [2.45, 2.75) is 32.4 Å². The fraction of sp³-hybridized carbons (Fsp3) is 0.571. The molecule has 9 heteroatoms. The van der Waals surface area contributed by atoms with Crippen LogP contribution in [-0.2, 0) is 6.54 Å². The van der Waals surface area contributed by atoms with E-state index in [9.17, 15) is 4.79 Å². The van der Waals surface area contributed by atoms with Gasteiger partial charge in [-0.05, 0) is 42.6 Å². The number of likely N-dealkylation sites (tertiary alicyclic amines) is 1. The second-order valence-corrected chi connectivity index (χ2v) is 8.25. The maximum atomic E-state index is 12.8. The van der Waals surface area contributed by atoms with Crippen molar-refractivity contribution < 1.29 is 18.9 Å². The smallest absolute Gasteiger partial charge is 0.278 e. The van der Waals surface area contributed by atoms with Crippen molar-refractivity contribution in [3.63, 3.8) is 0 Å². The molecule has 1 aromatic carbocycles. The van der Waals surface area contributed by atoms with Gasteiger partial charge in [-0.3, -0.25) is 14.6 Å². The number of nitrogens with zero attached hydrogens (tertiary/aromatic N) is 5. The zero-order valence-corrected chi connectivity index (χ0v) is 17.2. The lowest BCUT2D eigenvalue weighted by Crippen LogP contribution is -2.55. The standard InChI is InChI=1S/C21H27N5O4/c1-15-20(23-30-22-15)21(27)26-6-2-3-17(13-26)25-9-7-24(8-10-25)12-16-4-5-18-19(11-16)29-14-28-18/h4-5,11,17H,2-3,6-10,12-14H2,1H3. The molecule has 2 fully saturated rings. The van der Waals surface area contributed by atoms with Crippen molar-refractivity contribution in [2.24, 2.45) is 0 Å². The van der Waals surface area contributed by atoms with Crippen molar-refractivity contribution in [3.8, 4) is 11.5 Å². The van der Waals surface area contributed by atoms with E-state index in [1.165, 1.54) is 5.56 Å². The Morgan fingerprint density at radius 3 is 2.73 bits per heavy atom. The lowest BCUT2D eigenvalue weighted by atomic mass is 10.0. The zero-order valence-electron chi connectivity index (χ0n) is 17.2. The van der Waals surface area contributed by atoms with Crippen LogP contribution >= 0.6 is 0 Å². The van der Waals surface area contributed by atoms with Gasteiger partial charge in [0.15, 0.2) is 17.2 Å². The summed E-state index contributed by atoms with van der Waals surface area (Å²) in [5, 5.41) is 7.52. The maximum Gasteiger partial charge on any atom is 0.278 e. The summed E-state index contributed by atoms with van der Waals surface area (Å²) >= 11 is 0. The molecule has 5 rings (SSSR count). The second-order valence-electron chi connectivity index (χ2n) is 8.25. The highest BCUT2D eigenvalue weighted by atomic mass is 16.7. The molecule has 0 N–H and O–H groups in total. The zero-order chi connectivity index (χ0) is 20.5. The molecule has 2 saturated heterocycles. The molecule has 0 aliphatic carbocycles. The molecule has 3 aliphatic heterocycles. The Morgan fingerprint density at radius 2 is 1.93 bits per heavy atom. The van der Waals surface area contributed by atoms with Crippen molar-refractivity contribution in [1.82, 2.24) is 25.0 Å². The highest BCUT2D eigenvalue weighted by molar-refractivity contribution is 5.93. The maximum absolute atomic E-state index is 12.8. The third-order valence-electron chi connectivity index (χ3n) is 6.31. The molecule has 4 heterocycles. The molecule has 3 aliphatic rings. The third kappa shape index (κ3) is 3.87. The van der Waals surface area contributed by atoms with E-state index >= 15 is 0 Å². The van der Waals surface area contributed by atoms with E-state index in [-0.39, 0.29) is 5.91 Å². The van der Waals surface area contributed by atoms with Gasteiger partial charge in [0, 0.05) is 51.9 Å². The number of carbonyl (C=O) groups excluding carboxylic acids is 1. The van der Waals surface area contributed by atoms with Crippen LogP contribution in [0.5, 0.6) is 11.5 Å². The van der Waals surface area contributed by atoms with E-state index in [1.54, 1.807) is 6.92 Å². The number of hydrogen-bond acceptors (Lipinski definition) is 8. The molecule has 2 aromatic rings. The predicted octanol–water partition coefficient (Wildman–Crippen LogP) is 1.53. The van der Waals surface area contributed by atoms with Crippen molar-refractivity contribution in [2.75, 3.05) is 46.1 Å². The first-order chi connectivity index (χ1) is 14.7. The van der Waals surface area contributed by atoms with Gasteiger partial charge in [-0.1, -0.05) is 11.2 Å². The molecule has 1 atom stereocenters. The van der Waals surface area contributed by atoms with E-state index in [0.717, 1.165) is 70.2 Å². The van der Waals surface area contributed by atoms with Gasteiger partial charge in [0.2, 0.25) is 6.79 Å². The molecule has 0 saturated carbocycles. The van der Waals surface area contributed by atoms with E-state index in [0.29, 0.717) is 24.2 Å². The molecule has 160 valence electrons. The summed E-state index contributed by atoms with van der Waals surface area (Å²) in [6.45, 7) is 8.56. The monoisotopic (exact) mass is 413 g/mol. The minimum absolute atomic E-state index is 0.0695. The number of ether oxygens (including phenoxy) is 2. The van der Waals surface area contributed by atoms with E-state index in [4.69, 9.17) is 14.1 Å². The first kappa shape index (κ1) is 19.3. The largest absolute Gasteiger partial charge is 0.454 e. The number of benzene rings is 1. The van der Waals surface area contributed by atoms with Gasteiger partial charge in [0.1, 0.15) is 5.69 Å². The Kier molecular flexibility index (Phi) is 5.30. The van der Waals surface area contributed by atoms with Gasteiger partial charge >= 0.3 is 0 Å². The second kappa shape index (κ2) is 8.23. The highest BCUT2D eigenvalue weighted by Crippen LogP contribution is 2.33. The van der Waals surface area contributed by atoms with Crippen LogP contribution in [0.1, 0.15) is 34.6 Å². The van der Waals surface area contributed by atoms with Gasteiger partial charge < -0.3 is 14.4 Å². The average Bonchev–Trinajstić information content (AvgIpc) is 3.42. The van der Waals surface area contributed by atoms with Crippen LogP contribution in [-0.4, -0.2) is 83.0 Å². The number of rotatable bonds is 4. The van der Waals surface area contributed by atoms with Crippen LogP contribution in [0, 0.1) is 6.92 Å². The molecule has 0 bridgehead atoms. The summed E-state index contributed by atoms with van der Waals surface area (Å²) in [5.41, 5.74) is 2.14. The van der Waals surface area contributed by atoms with E-state index in [2.05, 4.69) is 32.2 Å². The van der Waals surface area contributed by atoms with Gasteiger partial charge in [0.05, 0.1) is 0 Å². The fourth-order valence-electron chi connectivity index (χ4n) is 4.60. The van der Waals surface area contributed by atoms with Gasteiger partial charge in [-0.15, -0.1) is 0 Å². The lowest BCUT2D eigenvalue weighted by molar-refractivity contribution is 0.0401. The number of hydrogen-bond donors (Lipinski definition) is 0. The topological polar surface area (TPSA) is 84.2 Å². The molecular formula is C21H27N5O4. The number of fused-ring (bicyclic) bond motifs is 1. The van der Waals surface area contributed by atoms with E-state index in [1.807, 2.05) is 11.0 Å². The summed E-state index contributed by atoms with van der Waals surface area (Å²) in [7, 11) is 0. The lowest BCUT2D eigenvalue weighted by Gasteiger charge is -2.43. The minimum Gasteiger partial charge on any atom is -0.454 e. The molecule has 1 unspecified atom stereocenters. The summed E-state index contributed by atoms with van der Waals surface area (Å²) in [6, 6.07) is 6.59. The molecule has 0 radical (unpaired) electrons. The van der Waals surface area contributed by atoms with Crippen LogP contribution in [0.2, 0.25) is 0 Å². The Balaban J connectivity index is 1.14. The molecule has 1 aromatic heterocycles. The van der Waals surface area contributed by atoms with Crippen LogP contribution in [0.3, 0.4) is 0 Å². The first-order valence-corrected chi connectivity index (χ1v) is 10.6. The molecular weight excluding hydrogens is 386 g/mol. The average molecular weight is 413 g/mol. The third-order valence-corrected chi connectivity index (χ3v) is 6.31. The number of piperidine rings is 1. The molecule has 30 heavy (non-hydrogen) atoms. The summed E-state index contributed by atoms with van der Waals surface area (Å²) in [5.74, 6) is 1.60. The number of aryl methyl sites for hydroxylation is 1. The minimum atomic E-state index is -0.0695. The van der Waals surface area contributed by atoms with Crippen LogP contribution in [0.25, 0.3) is 0 Å². The molecule has 1 amide bonds. The Labute approximate surface area is 175 Å².